The fourth-order valence-corrected chi connectivity index (χ4v) is 5.19. The Morgan fingerprint density at radius 1 is 1.00 bits per heavy atom. The first-order valence-corrected chi connectivity index (χ1v) is 16.1. The SMILES string of the molecule is C/C=C(\N=C/CC)C(=O)NCC(=O)N[C@H](C(=O)N1Cc2ccccc2C[C@H]1C(=O)N[C@@H](CCC)C(=O)C(=O)NC1CC1)C(C)(C)C. The molecule has 1 fully saturated rings. The van der Waals surface area contributed by atoms with Gasteiger partial charge in [-0.3, -0.25) is 33.8 Å². The minimum Gasteiger partial charge on any atom is -0.347 e. The van der Waals surface area contributed by atoms with Crippen LogP contribution in [0.1, 0.15) is 84.8 Å². The Morgan fingerprint density at radius 2 is 1.67 bits per heavy atom. The second-order valence-corrected chi connectivity index (χ2v) is 12.9. The van der Waals surface area contributed by atoms with Crippen molar-refractivity contribution in [2.75, 3.05) is 6.54 Å². The molecule has 0 radical (unpaired) electrons. The molecular weight excluding hydrogens is 588 g/mol. The summed E-state index contributed by atoms with van der Waals surface area (Å²) in [7, 11) is 0. The van der Waals surface area contributed by atoms with E-state index in [-0.39, 0.29) is 37.7 Å². The summed E-state index contributed by atoms with van der Waals surface area (Å²) in [6.45, 7) is 10.5. The molecule has 12 nitrogen and oxygen atoms in total. The molecule has 3 atom stereocenters. The zero-order valence-corrected chi connectivity index (χ0v) is 27.8. The molecule has 0 bridgehead atoms. The summed E-state index contributed by atoms with van der Waals surface area (Å²) in [5.41, 5.74) is 1.16. The van der Waals surface area contributed by atoms with E-state index in [4.69, 9.17) is 0 Å². The highest BCUT2D eigenvalue weighted by Gasteiger charge is 2.43. The van der Waals surface area contributed by atoms with Gasteiger partial charge >= 0.3 is 0 Å². The van der Waals surface area contributed by atoms with Crippen molar-refractivity contribution in [3.8, 4) is 0 Å². The van der Waals surface area contributed by atoms with Gasteiger partial charge in [-0.25, -0.2) is 0 Å². The Balaban J connectivity index is 1.82. The fourth-order valence-electron chi connectivity index (χ4n) is 5.19. The number of hydrogen-bond donors (Lipinski definition) is 4. The van der Waals surface area contributed by atoms with Crippen LogP contribution < -0.4 is 21.3 Å². The number of carbonyl (C=O) groups excluding carboxylic acids is 6. The van der Waals surface area contributed by atoms with E-state index in [0.29, 0.717) is 12.8 Å². The summed E-state index contributed by atoms with van der Waals surface area (Å²) in [6.07, 6.45) is 6.44. The zero-order chi connectivity index (χ0) is 34.0. The van der Waals surface area contributed by atoms with Gasteiger partial charge in [0.2, 0.25) is 23.5 Å². The Hall–Kier alpha value is -4.35. The van der Waals surface area contributed by atoms with Gasteiger partial charge in [0, 0.05) is 25.2 Å². The van der Waals surface area contributed by atoms with Gasteiger partial charge < -0.3 is 26.2 Å². The highest BCUT2D eigenvalue weighted by molar-refractivity contribution is 6.38. The average Bonchev–Trinajstić information content (AvgIpc) is 3.84. The van der Waals surface area contributed by atoms with E-state index >= 15 is 0 Å². The Labute approximate surface area is 271 Å². The average molecular weight is 637 g/mol. The molecule has 1 aliphatic heterocycles. The van der Waals surface area contributed by atoms with Gasteiger partial charge in [0.25, 0.3) is 11.8 Å². The lowest BCUT2D eigenvalue weighted by atomic mass is 9.84. The zero-order valence-electron chi connectivity index (χ0n) is 27.8. The topological polar surface area (TPSA) is 166 Å². The third kappa shape index (κ3) is 9.82. The van der Waals surface area contributed by atoms with Gasteiger partial charge in [0.15, 0.2) is 0 Å². The number of allylic oxidation sites excluding steroid dienone is 1. The number of nitrogens with zero attached hydrogens (tertiary/aromatic N) is 2. The first-order chi connectivity index (χ1) is 21.8. The maximum absolute atomic E-state index is 14.3. The normalized spacial score (nSPS) is 17.8. The third-order valence-electron chi connectivity index (χ3n) is 7.93. The van der Waals surface area contributed by atoms with Crippen molar-refractivity contribution >= 4 is 41.5 Å². The van der Waals surface area contributed by atoms with Crippen LogP contribution in [0.4, 0.5) is 0 Å². The highest BCUT2D eigenvalue weighted by atomic mass is 16.2. The van der Waals surface area contributed by atoms with Gasteiger partial charge in [-0.2, -0.15) is 0 Å². The third-order valence-corrected chi connectivity index (χ3v) is 7.93. The van der Waals surface area contributed by atoms with Crippen LogP contribution in [0, 0.1) is 5.41 Å². The van der Waals surface area contributed by atoms with Crippen LogP contribution in [-0.4, -0.2) is 77.1 Å². The molecule has 4 N–H and O–H groups in total. The first-order valence-electron chi connectivity index (χ1n) is 16.1. The second-order valence-electron chi connectivity index (χ2n) is 12.9. The summed E-state index contributed by atoms with van der Waals surface area (Å²) in [4.78, 5) is 84.8. The molecule has 1 aromatic carbocycles. The minimum absolute atomic E-state index is 0.00466. The molecule has 1 saturated carbocycles. The minimum atomic E-state index is -1.05. The van der Waals surface area contributed by atoms with Crippen molar-refractivity contribution in [2.45, 2.75) is 111 Å². The van der Waals surface area contributed by atoms with E-state index < -0.39 is 58.9 Å². The standard InChI is InChI=1S/C34H48N6O6/c1-7-12-25(28(42)32(45)37-23-15-16-23)38-31(44)26-18-21-13-10-11-14-22(21)20-40(26)33(46)29(34(4,5)6)39-27(41)19-36-30(43)24(9-3)35-17-8-2/h9-11,13-14,17,23,25-26,29H,7-8,12,15-16,18-20H2,1-6H3,(H,36,43)(H,37,45)(H,38,44)(H,39,41)/b24-9-,35-17-/t25-,26-,29+/m0/s1. The first kappa shape index (κ1) is 36.1. The molecule has 250 valence electrons. The molecule has 3 rings (SSSR count). The largest absolute Gasteiger partial charge is 0.347 e. The second kappa shape index (κ2) is 16.3. The number of ketones is 1. The molecule has 0 aromatic heterocycles. The lowest BCUT2D eigenvalue weighted by Crippen LogP contribution is -2.62. The smallest absolute Gasteiger partial charge is 0.289 e. The van der Waals surface area contributed by atoms with Crippen LogP contribution in [-0.2, 0) is 41.7 Å². The van der Waals surface area contributed by atoms with Crippen molar-refractivity contribution in [3.05, 3.63) is 47.2 Å². The number of nitrogens with one attached hydrogen (secondary N) is 4. The van der Waals surface area contributed by atoms with Crippen LogP contribution in [0.15, 0.2) is 41.0 Å². The van der Waals surface area contributed by atoms with Crippen LogP contribution in [0.3, 0.4) is 0 Å². The number of carbonyl (C=O) groups is 6. The van der Waals surface area contributed by atoms with E-state index in [0.717, 1.165) is 24.0 Å². The Bertz CT molecular complexity index is 1380. The number of fused-ring (bicyclic) bond motifs is 1. The van der Waals surface area contributed by atoms with E-state index in [9.17, 15) is 28.8 Å². The summed E-state index contributed by atoms with van der Waals surface area (Å²) in [5.74, 6) is -3.55. The summed E-state index contributed by atoms with van der Waals surface area (Å²) < 4.78 is 0. The lowest BCUT2D eigenvalue weighted by molar-refractivity contribution is -0.148. The maximum Gasteiger partial charge on any atom is 0.289 e. The van der Waals surface area contributed by atoms with E-state index in [1.54, 1.807) is 40.0 Å². The van der Waals surface area contributed by atoms with E-state index in [1.165, 1.54) is 4.90 Å². The molecule has 1 aromatic rings. The fraction of sp³-hybridized carbons (Fsp3) is 0.559. The molecule has 0 spiro atoms. The van der Waals surface area contributed by atoms with Crippen molar-refractivity contribution in [2.24, 2.45) is 10.4 Å². The van der Waals surface area contributed by atoms with Crippen LogP contribution >= 0.6 is 0 Å². The van der Waals surface area contributed by atoms with Crippen molar-refractivity contribution in [1.82, 2.24) is 26.2 Å². The predicted molar refractivity (Wildman–Crippen MR) is 174 cm³/mol. The highest BCUT2D eigenvalue weighted by Crippen LogP contribution is 2.28. The molecule has 0 saturated heterocycles. The number of aliphatic imine (C=N–C) groups is 1. The molecular formula is C34H48N6O6. The molecule has 12 heteroatoms. The van der Waals surface area contributed by atoms with E-state index in [1.807, 2.05) is 38.1 Å². The quantitative estimate of drug-likeness (QED) is 0.139. The molecule has 1 aliphatic carbocycles. The predicted octanol–water partition coefficient (Wildman–Crippen LogP) is 2.10. The summed E-state index contributed by atoms with van der Waals surface area (Å²) in [5, 5.41) is 10.8. The summed E-state index contributed by atoms with van der Waals surface area (Å²) in [6, 6.07) is 4.41. The molecule has 46 heavy (non-hydrogen) atoms. The molecule has 0 unspecified atom stereocenters. The summed E-state index contributed by atoms with van der Waals surface area (Å²) >= 11 is 0. The number of benzene rings is 1. The number of hydrogen-bond acceptors (Lipinski definition) is 7. The van der Waals surface area contributed by atoms with Gasteiger partial charge in [-0.1, -0.05) is 71.4 Å². The number of rotatable bonds is 14. The van der Waals surface area contributed by atoms with Gasteiger partial charge in [-0.05, 0) is 49.1 Å². The maximum atomic E-state index is 14.3. The van der Waals surface area contributed by atoms with Gasteiger partial charge in [0.05, 0.1) is 12.6 Å². The number of amides is 5. The van der Waals surface area contributed by atoms with Crippen molar-refractivity contribution < 1.29 is 28.8 Å². The van der Waals surface area contributed by atoms with Crippen LogP contribution in [0.2, 0.25) is 0 Å². The molecule has 2 aliphatic rings. The molecule has 1 heterocycles. The van der Waals surface area contributed by atoms with Crippen LogP contribution in [0.5, 0.6) is 0 Å². The van der Waals surface area contributed by atoms with Crippen molar-refractivity contribution in [3.63, 3.8) is 0 Å². The van der Waals surface area contributed by atoms with Gasteiger partial charge in [-0.15, -0.1) is 0 Å². The Morgan fingerprint density at radius 3 is 2.26 bits per heavy atom. The Kier molecular flexibility index (Phi) is 12.8. The van der Waals surface area contributed by atoms with E-state index in [2.05, 4.69) is 26.3 Å². The monoisotopic (exact) mass is 636 g/mol. The molecule has 5 amide bonds. The lowest BCUT2D eigenvalue weighted by Gasteiger charge is -2.41. The van der Waals surface area contributed by atoms with Crippen molar-refractivity contribution in [1.29, 1.82) is 0 Å². The van der Waals surface area contributed by atoms with Gasteiger partial charge in [0.1, 0.15) is 17.8 Å². The number of Topliss-reactive ketones (excluding diaryl/α,β-unsaturated/α-hetero) is 1. The van der Waals surface area contributed by atoms with Crippen LogP contribution in [0.25, 0.3) is 0 Å².